The molecule has 1 aromatic carbocycles. The Hall–Kier alpha value is -6.62. The predicted octanol–water partition coefficient (Wildman–Crippen LogP) is 0.0958. The molecule has 3 aromatic rings. The average molecular weight is 1240 g/mol. The summed E-state index contributed by atoms with van der Waals surface area (Å²) in [7, 11) is 2.97. The maximum Gasteiger partial charge on any atom is 0.409 e. The second-order valence-electron chi connectivity index (χ2n) is 20.0. The zero-order chi connectivity index (χ0) is 63.8. The van der Waals surface area contributed by atoms with Gasteiger partial charge in [0, 0.05) is 45.8 Å². The van der Waals surface area contributed by atoms with Crippen molar-refractivity contribution in [2.45, 2.75) is 84.0 Å². The molecule has 0 bridgehead atoms. The number of benzene rings is 1. The molecule has 0 saturated heterocycles. The summed E-state index contributed by atoms with van der Waals surface area (Å²) < 4.78 is 62.2. The number of carbonyl (C=O) groups is 5. The van der Waals surface area contributed by atoms with Crippen molar-refractivity contribution in [2.75, 3.05) is 170 Å². The molecule has 0 spiro atoms. The van der Waals surface area contributed by atoms with E-state index >= 15 is 0 Å². The largest absolute Gasteiger partial charge is 0.447 e. The first-order valence-corrected chi connectivity index (χ1v) is 29.0. The molecular weight excluding hydrogens is 1150 g/mol. The smallest absolute Gasteiger partial charge is 0.409 e. The third-order valence-electron chi connectivity index (χ3n) is 12.5. The maximum atomic E-state index is 13.6. The Balaban J connectivity index is 1.32. The molecule has 10 N–H and O–H groups in total. The maximum absolute atomic E-state index is 13.6. The number of nitrogens with one attached hydrogen (secondary N) is 4. The fraction of sp³-hybridized carbons (Fsp3) is 0.679. The number of likely N-dealkylation sites (N-methyl/N-ethyl adjacent to an activating group) is 2. The number of aliphatic hydroxyl groups excluding tert-OH is 2. The van der Waals surface area contributed by atoms with Crippen molar-refractivity contribution in [3.8, 4) is 0 Å². The van der Waals surface area contributed by atoms with Gasteiger partial charge in [-0.05, 0) is 56.3 Å². The highest BCUT2D eigenvalue weighted by Crippen LogP contribution is 2.20. The van der Waals surface area contributed by atoms with Gasteiger partial charge in [0.05, 0.1) is 118 Å². The molecule has 492 valence electrons. The monoisotopic (exact) mass is 1240 g/mol. The van der Waals surface area contributed by atoms with Gasteiger partial charge in [0.15, 0.2) is 11.2 Å². The standard InChI is InChI=1S/C56H93N11O20/c1-7-16-66-48-49(62-53(58)63-52(48)73)67(54(66)74)46(37-41(4)69)85-35-36-86-55(75)64(5)17-18-65(6)56(76)87-38-42-11-13-43(14-12-42)59-50(71)44(10-8-9-15-57)60-51(72)47(40(2)3)61-45(70)39-84-34-33-83-32-31-82-30-29-81-28-27-80-26-25-79-24-23-78-22-21-77-20-19-68/h7,11-14,40-41,44,46-47,68-69H,1,8-10,15-39,57H2,2-6H3,(H,59,71)(H,60,72)(H,61,70)(H3,58,62,63,73)/t41-,44+,46-,47?/m1/s1. The highest BCUT2D eigenvalue weighted by Gasteiger charge is 2.30. The summed E-state index contributed by atoms with van der Waals surface area (Å²) in [6.45, 7) is 13.8. The molecule has 1 unspecified atom stereocenters. The van der Waals surface area contributed by atoms with Crippen LogP contribution in [0.2, 0.25) is 0 Å². The number of H-pyrrole nitrogens is 1. The highest BCUT2D eigenvalue weighted by atomic mass is 16.6. The number of imidazole rings is 1. The molecule has 5 amide bonds. The molecule has 0 saturated carbocycles. The van der Waals surface area contributed by atoms with Crippen LogP contribution in [-0.2, 0) is 79.6 Å². The van der Waals surface area contributed by atoms with Crippen LogP contribution in [0, 0.1) is 5.92 Å². The van der Waals surface area contributed by atoms with Gasteiger partial charge in [0.1, 0.15) is 38.1 Å². The van der Waals surface area contributed by atoms with Gasteiger partial charge in [-0.15, -0.1) is 6.58 Å². The number of unbranched alkanes of at least 4 members (excludes halogenated alkanes) is 1. The number of nitrogens with two attached hydrogens (primary N) is 2. The lowest BCUT2D eigenvalue weighted by Gasteiger charge is -2.25. The van der Waals surface area contributed by atoms with E-state index < -0.39 is 65.6 Å². The molecule has 2 heterocycles. The summed E-state index contributed by atoms with van der Waals surface area (Å²) in [5, 5.41) is 27.2. The first-order valence-electron chi connectivity index (χ1n) is 29.0. The van der Waals surface area contributed by atoms with Gasteiger partial charge in [-0.1, -0.05) is 32.1 Å². The number of amides is 5. The number of allylic oxidation sites excluding steroid dienone is 1. The van der Waals surface area contributed by atoms with E-state index in [9.17, 15) is 38.7 Å². The van der Waals surface area contributed by atoms with Gasteiger partial charge in [0.2, 0.25) is 23.7 Å². The van der Waals surface area contributed by atoms with Gasteiger partial charge in [-0.3, -0.25) is 28.7 Å². The van der Waals surface area contributed by atoms with E-state index in [1.807, 2.05) is 0 Å². The lowest BCUT2D eigenvalue weighted by Crippen LogP contribution is -2.55. The SMILES string of the molecule is C=CCn1c(=O)n([C@@H](C[C@@H](C)O)OCCOC(=O)N(C)CCN(C)C(=O)OCc2ccc(NC(=O)[C@H](CCCCN)NC(=O)C(NC(=O)COCCOCCOCCOCCOCCOCCOCCOCCO)C(C)C)cc2)c2nc(N)[nH]c(=O)c21. The summed E-state index contributed by atoms with van der Waals surface area (Å²) in [6, 6.07) is 4.63. The van der Waals surface area contributed by atoms with Crippen molar-refractivity contribution in [3.05, 3.63) is 63.3 Å². The minimum absolute atomic E-state index is 0.0101. The van der Waals surface area contributed by atoms with Gasteiger partial charge >= 0.3 is 17.9 Å². The van der Waals surface area contributed by atoms with Crippen LogP contribution in [0.1, 0.15) is 58.2 Å². The Morgan fingerprint density at radius 3 is 1.76 bits per heavy atom. The molecule has 31 nitrogen and oxygen atoms in total. The molecule has 0 aliphatic heterocycles. The van der Waals surface area contributed by atoms with E-state index in [-0.39, 0.29) is 102 Å². The van der Waals surface area contributed by atoms with Crippen molar-refractivity contribution in [1.82, 2.24) is 39.5 Å². The first-order chi connectivity index (χ1) is 41.9. The Morgan fingerprint density at radius 2 is 1.25 bits per heavy atom. The van der Waals surface area contributed by atoms with E-state index in [1.165, 1.54) is 36.9 Å². The molecule has 0 aliphatic carbocycles. The van der Waals surface area contributed by atoms with Crippen LogP contribution in [0.4, 0.5) is 21.2 Å². The zero-order valence-corrected chi connectivity index (χ0v) is 50.9. The Bertz CT molecular complexity index is 2580. The molecule has 0 aliphatic rings. The van der Waals surface area contributed by atoms with Crippen LogP contribution in [0.25, 0.3) is 11.2 Å². The van der Waals surface area contributed by atoms with Crippen molar-refractivity contribution >= 4 is 52.7 Å². The quantitative estimate of drug-likeness (QED) is 0.0274. The first kappa shape index (κ1) is 74.6. The number of carbonyl (C=O) groups excluding carboxylic acids is 5. The van der Waals surface area contributed by atoms with Gasteiger partial charge < -0.3 is 99.5 Å². The Labute approximate surface area is 506 Å². The lowest BCUT2D eigenvalue weighted by atomic mass is 10.0. The number of hydrogen-bond acceptors (Lipinski definition) is 23. The van der Waals surface area contributed by atoms with E-state index in [0.717, 1.165) is 9.13 Å². The van der Waals surface area contributed by atoms with E-state index in [1.54, 1.807) is 38.1 Å². The average Bonchev–Trinajstić information content (AvgIpc) is 1.63. The number of ether oxygens (including phenoxy) is 11. The third kappa shape index (κ3) is 29.8. The third-order valence-corrected chi connectivity index (χ3v) is 12.5. The molecule has 3 rings (SSSR count). The van der Waals surface area contributed by atoms with E-state index in [2.05, 4.69) is 32.5 Å². The second kappa shape index (κ2) is 43.9. The summed E-state index contributed by atoms with van der Waals surface area (Å²) in [5.74, 6) is -2.12. The van der Waals surface area contributed by atoms with Crippen molar-refractivity contribution in [3.63, 3.8) is 0 Å². The highest BCUT2D eigenvalue weighted by molar-refractivity contribution is 5.98. The Morgan fingerprint density at radius 1 is 0.724 bits per heavy atom. The number of aromatic nitrogens is 4. The fourth-order valence-electron chi connectivity index (χ4n) is 7.91. The summed E-state index contributed by atoms with van der Waals surface area (Å²) in [6.07, 6.45) is -0.679. The van der Waals surface area contributed by atoms with E-state index in [4.69, 9.17) is 68.7 Å². The predicted molar refractivity (Wildman–Crippen MR) is 318 cm³/mol. The number of anilines is 2. The van der Waals surface area contributed by atoms with Crippen molar-refractivity contribution in [1.29, 1.82) is 0 Å². The lowest BCUT2D eigenvalue weighted by molar-refractivity contribution is -0.134. The summed E-state index contributed by atoms with van der Waals surface area (Å²) >= 11 is 0. The number of nitrogens with zero attached hydrogens (tertiary/aromatic N) is 5. The normalized spacial score (nSPS) is 12.8. The number of rotatable bonds is 49. The van der Waals surface area contributed by atoms with Gasteiger partial charge in [0.25, 0.3) is 5.56 Å². The van der Waals surface area contributed by atoms with Crippen LogP contribution in [0.5, 0.6) is 0 Å². The number of nitrogen functional groups attached to an aromatic ring is 1. The number of fused-ring (bicyclic) bond motifs is 1. The molecule has 31 heteroatoms. The molecule has 4 atom stereocenters. The van der Waals surface area contributed by atoms with Gasteiger partial charge in [-0.25, -0.2) is 19.0 Å². The number of hydrogen-bond donors (Lipinski definition) is 8. The van der Waals surface area contributed by atoms with Crippen molar-refractivity contribution < 1.29 is 86.3 Å². The van der Waals surface area contributed by atoms with Crippen LogP contribution >= 0.6 is 0 Å². The molecule has 87 heavy (non-hydrogen) atoms. The van der Waals surface area contributed by atoms with E-state index in [0.29, 0.717) is 117 Å². The Kier molecular flexibility index (Phi) is 37.7. The zero-order valence-electron chi connectivity index (χ0n) is 50.9. The van der Waals surface area contributed by atoms with Gasteiger partial charge in [-0.2, -0.15) is 4.98 Å². The van der Waals surface area contributed by atoms with Crippen LogP contribution in [-0.4, -0.2) is 246 Å². The molecular formula is C56H93N11O20. The summed E-state index contributed by atoms with van der Waals surface area (Å²) in [4.78, 5) is 101. The molecule has 0 fully saturated rings. The number of aromatic amines is 1. The minimum atomic E-state index is -1.12. The summed E-state index contributed by atoms with van der Waals surface area (Å²) in [5.41, 5.74) is 11.1. The topological polar surface area (TPSA) is 395 Å². The van der Waals surface area contributed by atoms with Crippen molar-refractivity contribution in [2.24, 2.45) is 11.7 Å². The molecule has 0 radical (unpaired) electrons. The number of aliphatic hydroxyl groups is 2. The van der Waals surface area contributed by atoms with Crippen LogP contribution in [0.15, 0.2) is 46.5 Å². The fourth-order valence-corrected chi connectivity index (χ4v) is 7.91. The van der Waals surface area contributed by atoms with Crippen LogP contribution in [0.3, 0.4) is 0 Å². The second-order valence-corrected chi connectivity index (χ2v) is 20.0. The van der Waals surface area contributed by atoms with Crippen LogP contribution < -0.4 is 38.7 Å². The molecule has 2 aromatic heterocycles. The minimum Gasteiger partial charge on any atom is -0.447 e.